The number of sulfonamides is 1. The van der Waals surface area contributed by atoms with Crippen LogP contribution >= 0.6 is 11.3 Å². The maximum Gasteiger partial charge on any atom is 0.253 e. The maximum atomic E-state index is 12.1. The van der Waals surface area contributed by atoms with Crippen LogP contribution in [0.4, 0.5) is 17.1 Å². The van der Waals surface area contributed by atoms with Crippen molar-refractivity contribution in [2.45, 2.75) is 37.4 Å². The van der Waals surface area contributed by atoms with Crippen LogP contribution in [0, 0.1) is 6.92 Å². The Kier molecular flexibility index (Phi) is 5.82. The SMILES string of the molecule is CCNS(=O)(=O)c1scc(Nc2c(N[C@H](CC)c3cc(C)co3)c(=O)c2=O)c1O. The van der Waals surface area contributed by atoms with E-state index in [-0.39, 0.29) is 33.9 Å². The average molecular weight is 440 g/mol. The number of nitrogens with one attached hydrogen (secondary N) is 3. The summed E-state index contributed by atoms with van der Waals surface area (Å²) in [5.41, 5.74) is -0.441. The second-order valence-electron chi connectivity index (χ2n) is 6.45. The van der Waals surface area contributed by atoms with E-state index in [0.29, 0.717) is 12.2 Å². The molecule has 0 bridgehead atoms. The topological polar surface area (TPSA) is 138 Å². The molecule has 0 unspecified atom stereocenters. The summed E-state index contributed by atoms with van der Waals surface area (Å²) in [6.07, 6.45) is 2.19. The van der Waals surface area contributed by atoms with Crippen LogP contribution in [0.1, 0.15) is 37.6 Å². The Balaban J connectivity index is 1.87. The molecule has 1 atom stereocenters. The molecule has 0 aliphatic carbocycles. The molecule has 0 amide bonds. The number of aryl methyl sites for hydroxylation is 1. The molecule has 0 aliphatic rings. The Hall–Kier alpha value is -2.63. The zero-order valence-electron chi connectivity index (χ0n) is 16.0. The standard InChI is InChI=1S/C18H21N3O6S2/c1-4-10(12-6-9(3)7-27-12)20-13-14(17(24)16(13)23)21-11-8-28-18(15(11)22)29(25,26)19-5-2/h6-8,10,19-22H,4-5H2,1-3H3/t10-/m1/s1. The summed E-state index contributed by atoms with van der Waals surface area (Å²) in [5, 5.41) is 17.3. The molecular formula is C18H21N3O6S2. The van der Waals surface area contributed by atoms with E-state index in [1.807, 2.05) is 19.9 Å². The van der Waals surface area contributed by atoms with Crippen molar-refractivity contribution in [3.63, 3.8) is 0 Å². The minimum Gasteiger partial charge on any atom is -0.504 e. The van der Waals surface area contributed by atoms with E-state index in [9.17, 15) is 23.1 Å². The molecule has 2 aromatic heterocycles. The maximum absolute atomic E-state index is 12.1. The van der Waals surface area contributed by atoms with E-state index in [1.165, 1.54) is 5.38 Å². The molecule has 156 valence electrons. The first kappa shape index (κ1) is 21.1. The molecule has 9 nitrogen and oxygen atoms in total. The Labute approximate surface area is 171 Å². The number of thiophene rings is 1. The highest BCUT2D eigenvalue weighted by molar-refractivity contribution is 7.91. The lowest BCUT2D eigenvalue weighted by atomic mass is 10.1. The molecular weight excluding hydrogens is 418 g/mol. The smallest absolute Gasteiger partial charge is 0.253 e. The first-order chi connectivity index (χ1) is 13.7. The average Bonchev–Trinajstić information content (AvgIpc) is 3.27. The monoisotopic (exact) mass is 439 g/mol. The zero-order valence-corrected chi connectivity index (χ0v) is 17.7. The highest BCUT2D eigenvalue weighted by atomic mass is 32.2. The predicted molar refractivity (Wildman–Crippen MR) is 112 cm³/mol. The van der Waals surface area contributed by atoms with Crippen molar-refractivity contribution in [1.29, 1.82) is 0 Å². The molecule has 0 saturated heterocycles. The highest BCUT2D eigenvalue weighted by Gasteiger charge is 2.28. The van der Waals surface area contributed by atoms with Crippen LogP contribution in [0.5, 0.6) is 5.75 Å². The number of aromatic hydroxyl groups is 1. The van der Waals surface area contributed by atoms with Crippen LogP contribution < -0.4 is 26.2 Å². The van der Waals surface area contributed by atoms with Gasteiger partial charge in [-0.05, 0) is 25.0 Å². The minimum absolute atomic E-state index is 0.0303. The van der Waals surface area contributed by atoms with Crippen LogP contribution in [-0.4, -0.2) is 20.1 Å². The number of hydrogen-bond acceptors (Lipinski definition) is 9. The van der Waals surface area contributed by atoms with Crippen molar-refractivity contribution in [2.24, 2.45) is 0 Å². The molecule has 0 spiro atoms. The van der Waals surface area contributed by atoms with E-state index < -0.39 is 26.6 Å². The van der Waals surface area contributed by atoms with Gasteiger partial charge >= 0.3 is 0 Å². The summed E-state index contributed by atoms with van der Waals surface area (Å²) in [6.45, 7) is 5.56. The lowest BCUT2D eigenvalue weighted by Gasteiger charge is -2.20. The summed E-state index contributed by atoms with van der Waals surface area (Å²) >= 11 is 0.804. The summed E-state index contributed by atoms with van der Waals surface area (Å²) < 4.78 is 31.7. The second kappa shape index (κ2) is 8.01. The van der Waals surface area contributed by atoms with E-state index >= 15 is 0 Å². The van der Waals surface area contributed by atoms with Gasteiger partial charge in [0.25, 0.3) is 20.9 Å². The molecule has 0 fully saturated rings. The van der Waals surface area contributed by atoms with Gasteiger partial charge in [0, 0.05) is 11.9 Å². The largest absolute Gasteiger partial charge is 0.504 e. The Morgan fingerprint density at radius 1 is 1.21 bits per heavy atom. The van der Waals surface area contributed by atoms with Crippen LogP contribution in [0.2, 0.25) is 0 Å². The minimum atomic E-state index is -3.86. The molecule has 1 aromatic carbocycles. The third kappa shape index (κ3) is 3.93. The molecule has 29 heavy (non-hydrogen) atoms. The van der Waals surface area contributed by atoms with Crippen LogP contribution in [0.25, 0.3) is 0 Å². The first-order valence-electron chi connectivity index (χ1n) is 8.91. The van der Waals surface area contributed by atoms with Gasteiger partial charge in [0.15, 0.2) is 9.96 Å². The third-order valence-corrected chi connectivity index (χ3v) is 7.36. The fraction of sp³-hybridized carbons (Fsp3) is 0.333. The van der Waals surface area contributed by atoms with Crippen molar-refractivity contribution in [3.05, 3.63) is 49.5 Å². The Bertz CT molecular complexity index is 1200. The van der Waals surface area contributed by atoms with Gasteiger partial charge in [-0.15, -0.1) is 11.3 Å². The molecule has 0 radical (unpaired) electrons. The van der Waals surface area contributed by atoms with E-state index in [0.717, 1.165) is 16.9 Å². The van der Waals surface area contributed by atoms with Crippen molar-refractivity contribution < 1.29 is 17.9 Å². The third-order valence-electron chi connectivity index (χ3n) is 4.30. The van der Waals surface area contributed by atoms with Gasteiger partial charge in [0.1, 0.15) is 17.1 Å². The van der Waals surface area contributed by atoms with Gasteiger partial charge in [0.2, 0.25) is 0 Å². The summed E-state index contributed by atoms with van der Waals surface area (Å²) in [7, 11) is -3.86. The lowest BCUT2D eigenvalue weighted by Crippen LogP contribution is -2.37. The Morgan fingerprint density at radius 3 is 2.48 bits per heavy atom. The van der Waals surface area contributed by atoms with Gasteiger partial charge in [-0.25, -0.2) is 13.1 Å². The normalized spacial score (nSPS) is 12.9. The van der Waals surface area contributed by atoms with Crippen LogP contribution in [-0.2, 0) is 10.0 Å². The fourth-order valence-corrected chi connectivity index (χ4v) is 5.16. The van der Waals surface area contributed by atoms with Crippen LogP contribution in [0.15, 0.2) is 35.9 Å². The van der Waals surface area contributed by atoms with E-state index in [1.54, 1.807) is 13.2 Å². The number of furan rings is 1. The molecule has 0 saturated carbocycles. The molecule has 3 rings (SSSR count). The predicted octanol–water partition coefficient (Wildman–Crippen LogP) is 2.56. The number of anilines is 3. The molecule has 3 aromatic rings. The lowest BCUT2D eigenvalue weighted by molar-refractivity contribution is 0.465. The van der Waals surface area contributed by atoms with Gasteiger partial charge in [-0.3, -0.25) is 9.59 Å². The van der Waals surface area contributed by atoms with Crippen molar-refractivity contribution >= 4 is 38.4 Å². The summed E-state index contributed by atoms with van der Waals surface area (Å²) in [5.74, 6) is 0.116. The van der Waals surface area contributed by atoms with Crippen molar-refractivity contribution in [2.75, 3.05) is 17.2 Å². The summed E-state index contributed by atoms with van der Waals surface area (Å²) in [4.78, 5) is 24.1. The summed E-state index contributed by atoms with van der Waals surface area (Å²) in [6, 6.07) is 1.51. The Morgan fingerprint density at radius 2 is 1.90 bits per heavy atom. The molecule has 2 heterocycles. The fourth-order valence-electron chi connectivity index (χ4n) is 2.84. The van der Waals surface area contributed by atoms with E-state index in [2.05, 4.69) is 15.4 Å². The zero-order chi connectivity index (χ0) is 21.3. The van der Waals surface area contributed by atoms with Gasteiger partial charge in [-0.1, -0.05) is 13.8 Å². The molecule has 11 heteroatoms. The van der Waals surface area contributed by atoms with Crippen LogP contribution in [0.3, 0.4) is 0 Å². The quantitative estimate of drug-likeness (QED) is 0.373. The highest BCUT2D eigenvalue weighted by Crippen LogP contribution is 2.39. The first-order valence-corrected chi connectivity index (χ1v) is 11.3. The van der Waals surface area contributed by atoms with Gasteiger partial charge in [0.05, 0.1) is 18.0 Å². The second-order valence-corrected chi connectivity index (χ2v) is 9.29. The number of hydrogen-bond donors (Lipinski definition) is 4. The molecule has 4 N–H and O–H groups in total. The number of rotatable bonds is 9. The van der Waals surface area contributed by atoms with Crippen molar-refractivity contribution in [3.8, 4) is 5.75 Å². The van der Waals surface area contributed by atoms with Gasteiger partial charge < -0.3 is 20.2 Å². The van der Waals surface area contributed by atoms with E-state index in [4.69, 9.17) is 4.42 Å². The molecule has 0 aliphatic heterocycles. The van der Waals surface area contributed by atoms with Gasteiger partial charge in [-0.2, -0.15) is 0 Å². The van der Waals surface area contributed by atoms with Crippen molar-refractivity contribution in [1.82, 2.24) is 4.72 Å².